The second kappa shape index (κ2) is 4.63. The first-order valence-electron chi connectivity index (χ1n) is 5.66. The van der Waals surface area contributed by atoms with Crippen molar-refractivity contribution < 1.29 is 4.74 Å². The van der Waals surface area contributed by atoms with Crippen LogP contribution in [-0.2, 0) is 4.74 Å². The Hall–Kier alpha value is -1.08. The van der Waals surface area contributed by atoms with E-state index >= 15 is 0 Å². The van der Waals surface area contributed by atoms with Gasteiger partial charge in [0.1, 0.15) is 6.10 Å². The summed E-state index contributed by atoms with van der Waals surface area (Å²) in [6.07, 6.45) is 5.60. The van der Waals surface area contributed by atoms with Gasteiger partial charge in [-0.25, -0.2) is 0 Å². The van der Waals surface area contributed by atoms with E-state index in [0.29, 0.717) is 5.92 Å². The normalized spacial score (nSPS) is 18.5. The molecule has 0 fully saturated rings. The number of hydrogen-bond donors (Lipinski definition) is 0. The van der Waals surface area contributed by atoms with Crippen LogP contribution in [0, 0.1) is 5.92 Å². The second-order valence-electron chi connectivity index (χ2n) is 4.46. The molecule has 0 aliphatic heterocycles. The summed E-state index contributed by atoms with van der Waals surface area (Å²) in [4.78, 5) is 0. The van der Waals surface area contributed by atoms with Gasteiger partial charge < -0.3 is 4.74 Å². The highest BCUT2D eigenvalue weighted by molar-refractivity contribution is 5.61. The maximum absolute atomic E-state index is 5.85. The van der Waals surface area contributed by atoms with Crippen LogP contribution in [0.25, 0.3) is 6.08 Å². The molecule has 1 aliphatic carbocycles. The number of fused-ring (bicyclic) bond motifs is 1. The number of ether oxygens (including phenoxy) is 1. The van der Waals surface area contributed by atoms with Crippen LogP contribution in [-0.4, -0.2) is 6.61 Å². The summed E-state index contributed by atoms with van der Waals surface area (Å²) in [5.74, 6) is 0.714. The Labute approximate surface area is 91.8 Å². The minimum absolute atomic E-state index is 0.181. The van der Waals surface area contributed by atoms with Crippen LogP contribution in [0.1, 0.15) is 37.5 Å². The summed E-state index contributed by atoms with van der Waals surface area (Å²) in [6, 6.07) is 8.43. The Morgan fingerprint density at radius 2 is 2.07 bits per heavy atom. The molecule has 0 saturated carbocycles. The monoisotopic (exact) mass is 202 g/mol. The summed E-state index contributed by atoms with van der Waals surface area (Å²) < 4.78 is 5.85. The van der Waals surface area contributed by atoms with Crippen LogP contribution < -0.4 is 0 Å². The highest BCUT2D eigenvalue weighted by Gasteiger charge is 2.16. The summed E-state index contributed by atoms with van der Waals surface area (Å²) in [7, 11) is 0. The second-order valence-corrected chi connectivity index (χ2v) is 4.46. The lowest BCUT2D eigenvalue weighted by Crippen LogP contribution is -2.03. The molecule has 15 heavy (non-hydrogen) atoms. The van der Waals surface area contributed by atoms with Crippen molar-refractivity contribution >= 4 is 6.08 Å². The zero-order chi connectivity index (χ0) is 10.7. The van der Waals surface area contributed by atoms with Gasteiger partial charge in [0.2, 0.25) is 0 Å². The van der Waals surface area contributed by atoms with Crippen molar-refractivity contribution in [3.05, 3.63) is 41.5 Å². The maximum atomic E-state index is 5.85. The van der Waals surface area contributed by atoms with Gasteiger partial charge in [0.25, 0.3) is 0 Å². The Kier molecular flexibility index (Phi) is 3.22. The van der Waals surface area contributed by atoms with Gasteiger partial charge in [-0.15, -0.1) is 0 Å². The van der Waals surface area contributed by atoms with Crippen molar-refractivity contribution in [2.45, 2.75) is 26.4 Å². The Morgan fingerprint density at radius 1 is 1.27 bits per heavy atom. The molecular weight excluding hydrogens is 184 g/mol. The summed E-state index contributed by atoms with van der Waals surface area (Å²) in [6.45, 7) is 5.30. The lowest BCUT2D eigenvalue weighted by atomic mass is 10.1. The van der Waals surface area contributed by atoms with Gasteiger partial charge >= 0.3 is 0 Å². The Balaban J connectivity index is 1.94. The molecule has 1 aromatic carbocycles. The SMILES string of the molecule is CC(C)CCOC1C=Cc2ccccc21. The van der Waals surface area contributed by atoms with Crippen molar-refractivity contribution in [2.24, 2.45) is 5.92 Å². The third-order valence-corrected chi connectivity index (χ3v) is 2.75. The van der Waals surface area contributed by atoms with Gasteiger partial charge in [-0.2, -0.15) is 0 Å². The first-order chi connectivity index (χ1) is 7.27. The summed E-state index contributed by atoms with van der Waals surface area (Å²) >= 11 is 0. The molecule has 1 atom stereocenters. The zero-order valence-electron chi connectivity index (χ0n) is 9.44. The third kappa shape index (κ3) is 2.48. The minimum atomic E-state index is 0.181. The molecule has 0 amide bonds. The number of rotatable bonds is 4. The van der Waals surface area contributed by atoms with Gasteiger partial charge in [-0.1, -0.05) is 50.3 Å². The quantitative estimate of drug-likeness (QED) is 0.721. The van der Waals surface area contributed by atoms with Crippen LogP contribution in [0.15, 0.2) is 30.3 Å². The van der Waals surface area contributed by atoms with E-state index in [4.69, 9.17) is 4.74 Å². The molecular formula is C14H18O. The largest absolute Gasteiger partial charge is 0.369 e. The predicted octanol–water partition coefficient (Wildman–Crippen LogP) is 3.82. The molecule has 0 heterocycles. The van der Waals surface area contributed by atoms with Gasteiger partial charge in [0, 0.05) is 6.61 Å². The van der Waals surface area contributed by atoms with Crippen LogP contribution in [0.4, 0.5) is 0 Å². The average molecular weight is 202 g/mol. The standard InChI is InChI=1S/C14H18O/c1-11(2)9-10-15-14-8-7-12-5-3-4-6-13(12)14/h3-8,11,14H,9-10H2,1-2H3. The van der Waals surface area contributed by atoms with Crippen molar-refractivity contribution in [1.29, 1.82) is 0 Å². The van der Waals surface area contributed by atoms with E-state index in [1.807, 2.05) is 0 Å². The highest BCUT2D eigenvalue weighted by atomic mass is 16.5. The van der Waals surface area contributed by atoms with E-state index in [-0.39, 0.29) is 6.10 Å². The Morgan fingerprint density at radius 3 is 2.87 bits per heavy atom. The molecule has 0 N–H and O–H groups in total. The molecule has 0 bridgehead atoms. The molecule has 1 unspecified atom stereocenters. The fourth-order valence-corrected chi connectivity index (χ4v) is 1.79. The van der Waals surface area contributed by atoms with Crippen LogP contribution in [0.5, 0.6) is 0 Å². The fraction of sp³-hybridized carbons (Fsp3) is 0.429. The van der Waals surface area contributed by atoms with Crippen LogP contribution >= 0.6 is 0 Å². The van der Waals surface area contributed by atoms with Crippen LogP contribution in [0.3, 0.4) is 0 Å². The van der Waals surface area contributed by atoms with E-state index in [9.17, 15) is 0 Å². The fourth-order valence-electron chi connectivity index (χ4n) is 1.79. The molecule has 1 aromatic rings. The van der Waals surface area contributed by atoms with Crippen LogP contribution in [0.2, 0.25) is 0 Å². The first kappa shape index (κ1) is 10.4. The van der Waals surface area contributed by atoms with E-state index in [1.165, 1.54) is 11.1 Å². The van der Waals surface area contributed by atoms with Crippen molar-refractivity contribution in [3.63, 3.8) is 0 Å². The molecule has 80 valence electrons. The molecule has 0 saturated heterocycles. The smallest absolute Gasteiger partial charge is 0.102 e. The number of benzene rings is 1. The molecule has 2 rings (SSSR count). The molecule has 1 nitrogen and oxygen atoms in total. The summed E-state index contributed by atoms with van der Waals surface area (Å²) in [5, 5.41) is 0. The first-order valence-corrected chi connectivity index (χ1v) is 5.66. The molecule has 0 aromatic heterocycles. The van der Waals surface area contributed by atoms with E-state index in [2.05, 4.69) is 50.3 Å². The van der Waals surface area contributed by atoms with Crippen molar-refractivity contribution in [2.75, 3.05) is 6.61 Å². The topological polar surface area (TPSA) is 9.23 Å². The van der Waals surface area contributed by atoms with E-state index < -0.39 is 0 Å². The molecule has 1 heteroatoms. The summed E-state index contributed by atoms with van der Waals surface area (Å²) in [5.41, 5.74) is 2.60. The van der Waals surface area contributed by atoms with Gasteiger partial charge in [0.05, 0.1) is 0 Å². The highest BCUT2D eigenvalue weighted by Crippen LogP contribution is 2.30. The maximum Gasteiger partial charge on any atom is 0.102 e. The minimum Gasteiger partial charge on any atom is -0.369 e. The van der Waals surface area contributed by atoms with Crippen molar-refractivity contribution in [1.82, 2.24) is 0 Å². The van der Waals surface area contributed by atoms with Gasteiger partial charge in [0.15, 0.2) is 0 Å². The number of hydrogen-bond acceptors (Lipinski definition) is 1. The molecule has 0 radical (unpaired) electrons. The lowest BCUT2D eigenvalue weighted by Gasteiger charge is -2.13. The van der Waals surface area contributed by atoms with Gasteiger partial charge in [-0.05, 0) is 23.5 Å². The Bertz CT molecular complexity index is 352. The lowest BCUT2D eigenvalue weighted by molar-refractivity contribution is 0.0789. The third-order valence-electron chi connectivity index (χ3n) is 2.75. The van der Waals surface area contributed by atoms with E-state index in [0.717, 1.165) is 13.0 Å². The van der Waals surface area contributed by atoms with Crippen molar-refractivity contribution in [3.8, 4) is 0 Å². The predicted molar refractivity (Wildman–Crippen MR) is 63.6 cm³/mol. The van der Waals surface area contributed by atoms with E-state index in [1.54, 1.807) is 0 Å². The molecule has 0 spiro atoms. The zero-order valence-corrected chi connectivity index (χ0v) is 9.44. The average Bonchev–Trinajstić information content (AvgIpc) is 2.62. The van der Waals surface area contributed by atoms with Gasteiger partial charge in [-0.3, -0.25) is 0 Å². The molecule has 1 aliphatic rings.